The van der Waals surface area contributed by atoms with Crippen molar-refractivity contribution in [2.75, 3.05) is 20.2 Å². The fraction of sp³-hybridized carbons (Fsp3) is 0.625. The first-order chi connectivity index (χ1) is 6.83. The lowest BCUT2D eigenvalue weighted by Crippen LogP contribution is -2.33. The number of aliphatic imine (C=N–C) groups is 1. The van der Waals surface area contributed by atoms with E-state index in [1.54, 1.807) is 0 Å². The third kappa shape index (κ3) is 7.20. The van der Waals surface area contributed by atoms with Crippen LogP contribution in [0.5, 0.6) is 0 Å². The van der Waals surface area contributed by atoms with Crippen LogP contribution in [0.2, 0.25) is 0 Å². The Kier molecular flexibility index (Phi) is 5.66. The minimum Gasteiger partial charge on any atom is -0.726 e. The maximum atomic E-state index is 9.45. The van der Waals surface area contributed by atoms with Gasteiger partial charge in [-0.3, -0.25) is 8.67 Å². The SMILES string of the molecule is CCOS(=O)(=O)[O-].CC[N+]1(C)C=CN=C1. The maximum Gasteiger partial charge on any atom is 0.217 e. The summed E-state index contributed by atoms with van der Waals surface area (Å²) in [6.07, 6.45) is 5.84. The van der Waals surface area contributed by atoms with Crippen molar-refractivity contribution in [1.29, 1.82) is 0 Å². The zero-order chi connectivity index (χ0) is 11.9. The van der Waals surface area contributed by atoms with Gasteiger partial charge in [0.15, 0.2) is 6.34 Å². The highest BCUT2D eigenvalue weighted by atomic mass is 32.3. The molecule has 0 saturated carbocycles. The van der Waals surface area contributed by atoms with Gasteiger partial charge in [-0.05, 0) is 13.8 Å². The predicted molar refractivity (Wildman–Crippen MR) is 55.7 cm³/mol. The highest BCUT2D eigenvalue weighted by Gasteiger charge is 2.14. The van der Waals surface area contributed by atoms with Crippen molar-refractivity contribution in [1.82, 2.24) is 0 Å². The summed E-state index contributed by atoms with van der Waals surface area (Å²) in [6.45, 7) is 4.56. The van der Waals surface area contributed by atoms with Gasteiger partial charge in [0.1, 0.15) is 6.20 Å². The van der Waals surface area contributed by atoms with Crippen LogP contribution in [0.4, 0.5) is 0 Å². The first kappa shape index (κ1) is 14.2. The quantitative estimate of drug-likeness (QED) is 0.405. The number of hydrogen-bond acceptors (Lipinski definition) is 5. The van der Waals surface area contributed by atoms with E-state index < -0.39 is 10.4 Å². The minimum atomic E-state index is -4.42. The minimum absolute atomic E-state index is 0.0914. The standard InChI is InChI=1S/C6H11N2.C2H6O4S/c1-3-8(2)5-4-7-6-8;1-2-6-7(3,4)5/h4-6H,3H2,1-2H3;2H2,1H3,(H,3,4,5)/q+1;/p-1. The van der Waals surface area contributed by atoms with Crippen LogP contribution < -0.4 is 0 Å². The van der Waals surface area contributed by atoms with E-state index in [4.69, 9.17) is 0 Å². The molecule has 1 atom stereocenters. The second-order valence-electron chi connectivity index (χ2n) is 3.04. The molecule has 6 nitrogen and oxygen atoms in total. The molecule has 0 saturated heterocycles. The molecule has 88 valence electrons. The van der Waals surface area contributed by atoms with Crippen molar-refractivity contribution in [3.63, 3.8) is 0 Å². The van der Waals surface area contributed by atoms with Crippen molar-refractivity contribution >= 4 is 16.7 Å². The maximum absolute atomic E-state index is 9.45. The van der Waals surface area contributed by atoms with Crippen molar-refractivity contribution in [2.45, 2.75) is 13.8 Å². The molecule has 0 aromatic heterocycles. The van der Waals surface area contributed by atoms with Crippen molar-refractivity contribution in [3.8, 4) is 0 Å². The van der Waals surface area contributed by atoms with Gasteiger partial charge in [0.05, 0.1) is 26.4 Å². The van der Waals surface area contributed by atoms with Crippen LogP contribution in [0.1, 0.15) is 13.8 Å². The zero-order valence-electron chi connectivity index (χ0n) is 9.08. The molecule has 0 fully saturated rings. The molecule has 0 N–H and O–H groups in total. The molecule has 1 rings (SSSR count). The van der Waals surface area contributed by atoms with Gasteiger partial charge < -0.3 is 4.55 Å². The van der Waals surface area contributed by atoms with Gasteiger partial charge >= 0.3 is 0 Å². The predicted octanol–water partition coefficient (Wildman–Crippen LogP) is 0.449. The molecule has 1 aliphatic heterocycles. The lowest BCUT2D eigenvalue weighted by Gasteiger charge is -2.18. The summed E-state index contributed by atoms with van der Waals surface area (Å²) in [5.41, 5.74) is 0. The smallest absolute Gasteiger partial charge is 0.217 e. The molecule has 0 bridgehead atoms. The molecule has 1 heterocycles. The van der Waals surface area contributed by atoms with Gasteiger partial charge in [0.2, 0.25) is 10.4 Å². The van der Waals surface area contributed by atoms with Gasteiger partial charge in [0.25, 0.3) is 0 Å². The Morgan fingerprint density at radius 2 is 2.07 bits per heavy atom. The Morgan fingerprint density at radius 3 is 2.20 bits per heavy atom. The van der Waals surface area contributed by atoms with Crippen LogP contribution in [0, 0.1) is 0 Å². The number of quaternary nitrogens is 1. The van der Waals surface area contributed by atoms with Gasteiger partial charge in [0, 0.05) is 0 Å². The van der Waals surface area contributed by atoms with Crippen LogP contribution in [0.3, 0.4) is 0 Å². The van der Waals surface area contributed by atoms with E-state index >= 15 is 0 Å². The number of rotatable bonds is 3. The van der Waals surface area contributed by atoms with Crippen LogP contribution in [0.25, 0.3) is 0 Å². The summed E-state index contributed by atoms with van der Waals surface area (Å²) in [5, 5.41) is 0. The van der Waals surface area contributed by atoms with Gasteiger partial charge in [-0.25, -0.2) is 13.4 Å². The molecular weight excluding hydrogens is 220 g/mol. The van der Waals surface area contributed by atoms with E-state index in [2.05, 4.69) is 29.3 Å². The van der Waals surface area contributed by atoms with Crippen molar-refractivity contribution in [3.05, 3.63) is 12.4 Å². The number of nitrogens with zero attached hydrogens (tertiary/aromatic N) is 2. The zero-order valence-corrected chi connectivity index (χ0v) is 9.90. The van der Waals surface area contributed by atoms with Crippen molar-refractivity contribution < 1.29 is 21.6 Å². The lowest BCUT2D eigenvalue weighted by atomic mass is 10.5. The first-order valence-corrected chi connectivity index (χ1v) is 5.83. The van der Waals surface area contributed by atoms with Crippen LogP contribution >= 0.6 is 0 Å². The highest BCUT2D eigenvalue weighted by molar-refractivity contribution is 7.80. The molecular formula is C8H16N2O4S. The second-order valence-corrected chi connectivity index (χ2v) is 4.09. The second kappa shape index (κ2) is 5.96. The van der Waals surface area contributed by atoms with Gasteiger partial charge in [-0.1, -0.05) is 0 Å². The van der Waals surface area contributed by atoms with E-state index in [9.17, 15) is 13.0 Å². The molecule has 0 radical (unpaired) electrons. The Morgan fingerprint density at radius 1 is 1.47 bits per heavy atom. The summed E-state index contributed by atoms with van der Waals surface area (Å²) in [6, 6.07) is 0. The highest BCUT2D eigenvalue weighted by Crippen LogP contribution is 2.04. The van der Waals surface area contributed by atoms with Crippen LogP contribution in [0.15, 0.2) is 17.4 Å². The molecule has 0 spiro atoms. The summed E-state index contributed by atoms with van der Waals surface area (Å²) < 4.78 is 32.9. The Labute approximate surface area is 90.4 Å². The van der Waals surface area contributed by atoms with Crippen molar-refractivity contribution in [2.24, 2.45) is 4.99 Å². The monoisotopic (exact) mass is 236 g/mol. The average Bonchev–Trinajstić information content (AvgIpc) is 2.52. The molecule has 0 aromatic rings. The fourth-order valence-electron chi connectivity index (χ4n) is 0.751. The third-order valence-electron chi connectivity index (χ3n) is 1.77. The largest absolute Gasteiger partial charge is 0.726 e. The van der Waals surface area contributed by atoms with E-state index in [-0.39, 0.29) is 6.61 Å². The molecule has 7 heteroatoms. The molecule has 0 aromatic carbocycles. The Bertz CT molecular complexity index is 323. The summed E-state index contributed by atoms with van der Waals surface area (Å²) in [4.78, 5) is 3.97. The van der Waals surface area contributed by atoms with Gasteiger partial charge in [-0.15, -0.1) is 0 Å². The normalized spacial score (nSPS) is 23.7. The topological polar surface area (TPSA) is 78.8 Å². The summed E-state index contributed by atoms with van der Waals surface area (Å²) in [5.74, 6) is 0. The van der Waals surface area contributed by atoms with E-state index in [0.29, 0.717) is 0 Å². The summed E-state index contributed by atoms with van der Waals surface area (Å²) >= 11 is 0. The Hall–Kier alpha value is -0.760. The lowest BCUT2D eigenvalue weighted by molar-refractivity contribution is -0.753. The van der Waals surface area contributed by atoms with Crippen LogP contribution in [-0.4, -0.2) is 44.0 Å². The molecule has 1 aliphatic rings. The van der Waals surface area contributed by atoms with Gasteiger partial charge in [-0.2, -0.15) is 0 Å². The third-order valence-corrected chi connectivity index (χ3v) is 2.29. The van der Waals surface area contributed by atoms with E-state index in [0.717, 1.165) is 11.0 Å². The molecule has 1 unspecified atom stereocenters. The average molecular weight is 236 g/mol. The fourth-order valence-corrected chi connectivity index (χ4v) is 1.04. The van der Waals surface area contributed by atoms with Crippen LogP contribution in [-0.2, 0) is 14.6 Å². The molecule has 0 amide bonds. The van der Waals surface area contributed by atoms with E-state index in [1.165, 1.54) is 6.92 Å². The number of hydrogen-bond donors (Lipinski definition) is 0. The Balaban J connectivity index is 0.000000265. The first-order valence-electron chi connectivity index (χ1n) is 4.50. The van der Waals surface area contributed by atoms with E-state index in [1.807, 2.05) is 12.5 Å². The summed E-state index contributed by atoms with van der Waals surface area (Å²) in [7, 11) is -2.31. The molecule has 0 aliphatic carbocycles. The molecule has 15 heavy (non-hydrogen) atoms.